The number of furan rings is 1. The predicted molar refractivity (Wildman–Crippen MR) is 58.7 cm³/mol. The molecule has 0 aliphatic heterocycles. The smallest absolute Gasteiger partial charge is 0.120 e. The van der Waals surface area contributed by atoms with E-state index in [-0.39, 0.29) is 0 Å². The molecular weight excluding hydrogens is 190 g/mol. The Labute approximate surface area is 90.8 Å². The number of nitrogens with one attached hydrogen (secondary N) is 1. The van der Waals surface area contributed by atoms with E-state index >= 15 is 0 Å². The molecule has 3 nitrogen and oxygen atoms in total. The van der Waals surface area contributed by atoms with E-state index in [0.29, 0.717) is 18.2 Å². The molecule has 1 N–H and O–H groups in total. The van der Waals surface area contributed by atoms with Crippen molar-refractivity contribution in [3.63, 3.8) is 0 Å². The molecule has 0 amide bonds. The normalized spacial score (nSPS) is 27.3. The second kappa shape index (κ2) is 4.81. The first-order valence-electron chi connectivity index (χ1n) is 5.65. The highest BCUT2D eigenvalue weighted by atomic mass is 16.5. The van der Waals surface area contributed by atoms with Crippen LogP contribution in [0, 0.1) is 0 Å². The highest BCUT2D eigenvalue weighted by molar-refractivity contribution is 5.05. The summed E-state index contributed by atoms with van der Waals surface area (Å²) in [5, 5.41) is 3.60. The van der Waals surface area contributed by atoms with Crippen LogP contribution in [0.2, 0.25) is 0 Å². The van der Waals surface area contributed by atoms with E-state index in [2.05, 4.69) is 12.2 Å². The topological polar surface area (TPSA) is 34.4 Å². The summed E-state index contributed by atoms with van der Waals surface area (Å²) in [5.74, 6) is 1.04. The zero-order valence-corrected chi connectivity index (χ0v) is 9.40. The number of hydrogen-bond acceptors (Lipinski definition) is 3. The zero-order chi connectivity index (χ0) is 10.7. The molecule has 3 heteroatoms. The van der Waals surface area contributed by atoms with Crippen molar-refractivity contribution in [2.24, 2.45) is 0 Å². The van der Waals surface area contributed by atoms with Gasteiger partial charge >= 0.3 is 0 Å². The minimum absolute atomic E-state index is 0.350. The van der Waals surface area contributed by atoms with Gasteiger partial charge in [-0.2, -0.15) is 0 Å². The lowest BCUT2D eigenvalue weighted by atomic mass is 9.88. The quantitative estimate of drug-likeness (QED) is 0.809. The fourth-order valence-corrected chi connectivity index (χ4v) is 2.07. The predicted octanol–water partition coefficient (Wildman–Crippen LogP) is 2.50. The Balaban J connectivity index is 1.83. The Hall–Kier alpha value is -0.800. The second-order valence-corrected chi connectivity index (χ2v) is 4.17. The molecule has 15 heavy (non-hydrogen) atoms. The summed E-state index contributed by atoms with van der Waals surface area (Å²) < 4.78 is 10.7. The summed E-state index contributed by atoms with van der Waals surface area (Å²) in [5.41, 5.74) is 0. The van der Waals surface area contributed by atoms with Gasteiger partial charge in [0.05, 0.1) is 18.4 Å². The Morgan fingerprint density at radius 3 is 2.93 bits per heavy atom. The minimum atomic E-state index is 0.350. The highest BCUT2D eigenvalue weighted by Crippen LogP contribution is 2.27. The summed E-state index contributed by atoms with van der Waals surface area (Å²) in [7, 11) is 1.78. The summed E-state index contributed by atoms with van der Waals surface area (Å²) >= 11 is 0. The number of methoxy groups -OCH3 is 1. The lowest BCUT2D eigenvalue weighted by Gasteiger charge is -2.36. The van der Waals surface area contributed by atoms with Gasteiger partial charge < -0.3 is 14.5 Å². The van der Waals surface area contributed by atoms with Gasteiger partial charge in [-0.1, -0.05) is 6.92 Å². The first kappa shape index (κ1) is 10.7. The fraction of sp³-hybridized carbons (Fsp3) is 0.667. The molecule has 0 saturated heterocycles. The molecule has 1 saturated carbocycles. The molecule has 1 unspecified atom stereocenters. The van der Waals surface area contributed by atoms with Crippen molar-refractivity contribution >= 4 is 0 Å². The molecule has 0 radical (unpaired) electrons. The van der Waals surface area contributed by atoms with Crippen LogP contribution in [0.15, 0.2) is 22.8 Å². The van der Waals surface area contributed by atoms with E-state index < -0.39 is 0 Å². The molecule has 0 spiro atoms. The van der Waals surface area contributed by atoms with Crippen LogP contribution in [0.4, 0.5) is 0 Å². The molecule has 0 aromatic carbocycles. The van der Waals surface area contributed by atoms with Crippen molar-refractivity contribution in [2.45, 2.75) is 44.4 Å². The van der Waals surface area contributed by atoms with E-state index in [1.807, 2.05) is 12.1 Å². The fourth-order valence-electron chi connectivity index (χ4n) is 2.07. The van der Waals surface area contributed by atoms with E-state index in [0.717, 1.165) is 25.0 Å². The molecule has 1 aliphatic carbocycles. The maximum Gasteiger partial charge on any atom is 0.120 e. The third kappa shape index (κ3) is 2.41. The van der Waals surface area contributed by atoms with Crippen LogP contribution in [0.5, 0.6) is 0 Å². The van der Waals surface area contributed by atoms with Crippen molar-refractivity contribution in [1.29, 1.82) is 0 Å². The Morgan fingerprint density at radius 2 is 2.40 bits per heavy atom. The third-order valence-corrected chi connectivity index (χ3v) is 3.16. The Morgan fingerprint density at radius 1 is 1.60 bits per heavy atom. The molecule has 84 valence electrons. The van der Waals surface area contributed by atoms with Gasteiger partial charge in [0.15, 0.2) is 0 Å². The van der Waals surface area contributed by atoms with Gasteiger partial charge in [0, 0.05) is 13.2 Å². The van der Waals surface area contributed by atoms with Crippen molar-refractivity contribution in [3.8, 4) is 0 Å². The SMILES string of the molecule is CCC(NC1CC(OC)C1)c1ccco1. The van der Waals surface area contributed by atoms with Crippen molar-refractivity contribution in [3.05, 3.63) is 24.2 Å². The summed E-state index contributed by atoms with van der Waals surface area (Å²) in [6.07, 6.45) is 5.48. The average molecular weight is 209 g/mol. The van der Waals surface area contributed by atoms with Crippen LogP contribution >= 0.6 is 0 Å². The lowest BCUT2D eigenvalue weighted by Crippen LogP contribution is -2.46. The minimum Gasteiger partial charge on any atom is -0.468 e. The lowest BCUT2D eigenvalue weighted by molar-refractivity contribution is 0.0132. The molecule has 1 atom stereocenters. The molecule has 1 heterocycles. The van der Waals surface area contributed by atoms with Crippen molar-refractivity contribution in [1.82, 2.24) is 5.32 Å². The average Bonchev–Trinajstić information content (AvgIpc) is 2.69. The van der Waals surface area contributed by atoms with Crippen LogP contribution in [0.25, 0.3) is 0 Å². The van der Waals surface area contributed by atoms with Gasteiger partial charge in [-0.05, 0) is 31.4 Å². The monoisotopic (exact) mass is 209 g/mol. The Kier molecular flexibility index (Phi) is 3.44. The Bertz CT molecular complexity index is 278. The largest absolute Gasteiger partial charge is 0.468 e. The standard InChI is InChI=1S/C12H19NO2/c1-3-11(12-5-4-6-15-12)13-9-7-10(8-9)14-2/h4-6,9-11,13H,3,7-8H2,1-2H3. The van der Waals surface area contributed by atoms with Crippen LogP contribution in [0.1, 0.15) is 38.0 Å². The van der Waals surface area contributed by atoms with Gasteiger partial charge in [-0.15, -0.1) is 0 Å². The van der Waals surface area contributed by atoms with E-state index in [1.54, 1.807) is 13.4 Å². The highest BCUT2D eigenvalue weighted by Gasteiger charge is 2.30. The van der Waals surface area contributed by atoms with Crippen LogP contribution in [0.3, 0.4) is 0 Å². The second-order valence-electron chi connectivity index (χ2n) is 4.17. The first-order chi connectivity index (χ1) is 7.33. The van der Waals surface area contributed by atoms with Gasteiger partial charge in [-0.3, -0.25) is 0 Å². The molecule has 2 rings (SSSR count). The third-order valence-electron chi connectivity index (χ3n) is 3.16. The van der Waals surface area contributed by atoms with Gasteiger partial charge in [0.1, 0.15) is 5.76 Å². The molecule has 0 bridgehead atoms. The number of rotatable bonds is 5. The van der Waals surface area contributed by atoms with E-state index in [9.17, 15) is 0 Å². The van der Waals surface area contributed by atoms with Crippen LogP contribution < -0.4 is 5.32 Å². The summed E-state index contributed by atoms with van der Waals surface area (Å²) in [4.78, 5) is 0. The summed E-state index contributed by atoms with van der Waals surface area (Å²) in [6, 6.07) is 4.92. The number of ether oxygens (including phenoxy) is 1. The van der Waals surface area contributed by atoms with Crippen LogP contribution in [-0.2, 0) is 4.74 Å². The van der Waals surface area contributed by atoms with Crippen LogP contribution in [-0.4, -0.2) is 19.3 Å². The molecular formula is C12H19NO2. The molecule has 1 aromatic rings. The maximum absolute atomic E-state index is 5.42. The summed E-state index contributed by atoms with van der Waals surface area (Å²) in [6.45, 7) is 2.17. The van der Waals surface area contributed by atoms with Crippen molar-refractivity contribution < 1.29 is 9.15 Å². The van der Waals surface area contributed by atoms with E-state index in [1.165, 1.54) is 0 Å². The maximum atomic E-state index is 5.42. The zero-order valence-electron chi connectivity index (χ0n) is 9.40. The molecule has 1 fully saturated rings. The van der Waals surface area contributed by atoms with Gasteiger partial charge in [0.2, 0.25) is 0 Å². The first-order valence-corrected chi connectivity index (χ1v) is 5.65. The van der Waals surface area contributed by atoms with Gasteiger partial charge in [-0.25, -0.2) is 0 Å². The van der Waals surface area contributed by atoms with E-state index in [4.69, 9.17) is 9.15 Å². The number of hydrogen-bond donors (Lipinski definition) is 1. The van der Waals surface area contributed by atoms with Gasteiger partial charge in [0.25, 0.3) is 0 Å². The molecule has 1 aliphatic rings. The molecule has 1 aromatic heterocycles. The van der Waals surface area contributed by atoms with Crippen molar-refractivity contribution in [2.75, 3.05) is 7.11 Å².